The summed E-state index contributed by atoms with van der Waals surface area (Å²) in [6, 6.07) is 24.2. The molecule has 396 valence electrons. The molecule has 13 nitrogen and oxygen atoms in total. The van der Waals surface area contributed by atoms with E-state index < -0.39 is 22.6 Å². The average Bonchev–Trinajstić information content (AvgIpc) is 4.00. The molecule has 2 aliphatic carbocycles. The number of nitrogens with two attached hydrogens (primary N) is 1. The fraction of sp³-hybridized carbons (Fsp3) is 0.456. The summed E-state index contributed by atoms with van der Waals surface area (Å²) in [4.78, 5) is 38.0. The van der Waals surface area contributed by atoms with Crippen molar-refractivity contribution in [2.75, 3.05) is 73.3 Å². The van der Waals surface area contributed by atoms with E-state index in [1.54, 1.807) is 30.3 Å². The highest BCUT2D eigenvalue weighted by Crippen LogP contribution is 2.44. The minimum atomic E-state index is -4.44. The van der Waals surface area contributed by atoms with E-state index in [2.05, 4.69) is 66.1 Å². The molecule has 2 saturated heterocycles. The molecule has 5 heterocycles. The number of piperidine rings is 2. The number of rotatable bonds is 16. The summed E-state index contributed by atoms with van der Waals surface area (Å²) in [7, 11) is -3.33. The normalized spacial score (nSPS) is 20.1. The number of nitrogens with zero attached hydrogens (tertiary/aromatic N) is 4. The Hall–Kier alpha value is -6.29. The Labute approximate surface area is 441 Å². The van der Waals surface area contributed by atoms with Crippen molar-refractivity contribution in [3.8, 4) is 11.8 Å². The number of halogens is 3. The van der Waals surface area contributed by atoms with Gasteiger partial charge in [-0.25, -0.2) is 13.4 Å². The van der Waals surface area contributed by atoms with Crippen molar-refractivity contribution in [1.29, 1.82) is 0 Å². The summed E-state index contributed by atoms with van der Waals surface area (Å²) in [6.07, 6.45) is 6.24. The highest BCUT2D eigenvalue weighted by Gasteiger charge is 2.46. The maximum atomic E-state index is 13.8. The fourth-order valence-electron chi connectivity index (χ4n) is 11.9. The Kier molecular flexibility index (Phi) is 15.4. The second-order valence-corrected chi connectivity index (χ2v) is 24.1. The van der Waals surface area contributed by atoms with Gasteiger partial charge in [0, 0.05) is 90.5 Å². The molecule has 0 spiro atoms. The van der Waals surface area contributed by atoms with E-state index in [1.807, 2.05) is 25.1 Å². The van der Waals surface area contributed by atoms with Gasteiger partial charge in [-0.2, -0.15) is 13.2 Å². The van der Waals surface area contributed by atoms with Gasteiger partial charge < -0.3 is 41.4 Å². The first-order valence-electron chi connectivity index (χ1n) is 26.3. The minimum absolute atomic E-state index is 0.0378. The predicted molar refractivity (Wildman–Crippen MR) is 293 cm³/mol. The highest BCUT2D eigenvalue weighted by atomic mass is 32.2. The molecule has 6 N–H and O–H groups in total. The van der Waals surface area contributed by atoms with Crippen LogP contribution in [0.2, 0.25) is 0 Å². The van der Waals surface area contributed by atoms with Crippen molar-refractivity contribution in [2.45, 2.75) is 101 Å². The third kappa shape index (κ3) is 12.2. The third-order valence-electron chi connectivity index (χ3n) is 15.8. The molecule has 2 amide bonds. The number of nitrogen functional groups attached to an aromatic ring is 1. The molecule has 0 radical (unpaired) electrons. The minimum Gasteiger partial charge on any atom is -0.397 e. The van der Waals surface area contributed by atoms with Crippen LogP contribution in [0.1, 0.15) is 83.6 Å². The number of aryl methyl sites for hydroxylation is 2. The van der Waals surface area contributed by atoms with Gasteiger partial charge in [-0.1, -0.05) is 24.5 Å². The number of hydrogen-bond acceptors (Lipinski definition) is 11. The Morgan fingerprint density at radius 2 is 1.65 bits per heavy atom. The van der Waals surface area contributed by atoms with Crippen molar-refractivity contribution in [3.05, 3.63) is 106 Å². The van der Waals surface area contributed by atoms with Crippen molar-refractivity contribution in [1.82, 2.24) is 25.1 Å². The number of unbranched alkanes of at least 4 members (excludes halogenated alkanes) is 2. The number of amides is 2. The lowest BCUT2D eigenvalue weighted by Crippen LogP contribution is -2.48. The summed E-state index contributed by atoms with van der Waals surface area (Å²) in [6.45, 7) is 6.24. The fourth-order valence-corrected chi connectivity index (χ4v) is 13.6. The maximum absolute atomic E-state index is 13.8. The van der Waals surface area contributed by atoms with Gasteiger partial charge in [0.25, 0.3) is 5.91 Å². The molecule has 3 fully saturated rings. The van der Waals surface area contributed by atoms with Crippen LogP contribution in [-0.2, 0) is 34.0 Å². The van der Waals surface area contributed by atoms with Crippen LogP contribution >= 0.6 is 11.3 Å². The lowest BCUT2D eigenvalue weighted by atomic mass is 9.83. The molecule has 1 saturated carbocycles. The number of benzene rings is 3. The lowest BCUT2D eigenvalue weighted by Gasteiger charge is -2.39. The van der Waals surface area contributed by atoms with Crippen molar-refractivity contribution >= 4 is 76.9 Å². The van der Waals surface area contributed by atoms with E-state index in [0.29, 0.717) is 45.5 Å². The number of carbonyl (C=O) groups is 2. The van der Waals surface area contributed by atoms with E-state index >= 15 is 0 Å². The van der Waals surface area contributed by atoms with Gasteiger partial charge in [0.05, 0.1) is 28.3 Å². The number of nitrogens with one attached hydrogen (secondary N) is 4. The zero-order valence-corrected chi connectivity index (χ0v) is 44.2. The quantitative estimate of drug-likeness (QED) is 0.0466. The van der Waals surface area contributed by atoms with Gasteiger partial charge in [-0.15, -0.1) is 11.3 Å². The number of carbonyl (C=O) groups excluding carboxylic acids is 2. The van der Waals surface area contributed by atoms with Crippen LogP contribution in [0.3, 0.4) is 0 Å². The molecule has 10 rings (SSSR count). The molecule has 4 aliphatic rings. The van der Waals surface area contributed by atoms with E-state index in [4.69, 9.17) is 5.73 Å². The van der Waals surface area contributed by atoms with E-state index in [1.165, 1.54) is 44.9 Å². The van der Waals surface area contributed by atoms with Crippen molar-refractivity contribution < 1.29 is 31.2 Å². The second kappa shape index (κ2) is 22.1. The predicted octanol–water partition coefficient (Wildman–Crippen LogP) is 9.18. The van der Waals surface area contributed by atoms with E-state index in [-0.39, 0.29) is 47.0 Å². The molecule has 2 bridgehead atoms. The van der Waals surface area contributed by atoms with E-state index in [9.17, 15) is 31.2 Å². The van der Waals surface area contributed by atoms with Crippen LogP contribution in [0.4, 0.5) is 35.9 Å². The topological polar surface area (TPSA) is 167 Å². The summed E-state index contributed by atoms with van der Waals surface area (Å²) >= 11 is 1.35. The Balaban J connectivity index is 0.638. The number of sulfone groups is 1. The van der Waals surface area contributed by atoms with Crippen LogP contribution in [0.25, 0.3) is 21.1 Å². The molecule has 6 aromatic rings. The SMILES string of the molecule is Cc1ccc2c(N)c(C(=O)N[C@H]3CCc4cc(N5C[C@H]6CC[C@@H](C5)C6C(=O)NCCCCCN5CCC(Nc6cccc7c6cc(C#CCNc6ccc(S(C)(=O)=O)cc6)n7CC(F)(F)F)CC5)ccc4C3)sc2n1. The summed E-state index contributed by atoms with van der Waals surface area (Å²) in [5.41, 5.74) is 13.8. The van der Waals surface area contributed by atoms with Gasteiger partial charge in [-0.3, -0.25) is 9.59 Å². The number of pyridine rings is 1. The summed E-state index contributed by atoms with van der Waals surface area (Å²) in [5, 5.41) is 14.8. The van der Waals surface area contributed by atoms with Crippen molar-refractivity contribution in [2.24, 2.45) is 17.8 Å². The Morgan fingerprint density at radius 1 is 0.880 bits per heavy atom. The summed E-state index contributed by atoms with van der Waals surface area (Å²) in [5.74, 6) is 6.70. The smallest absolute Gasteiger partial charge is 0.397 e. The Bertz CT molecular complexity index is 3230. The van der Waals surface area contributed by atoms with Crippen LogP contribution < -0.4 is 31.9 Å². The monoisotopic (exact) mass is 1060 g/mol. The van der Waals surface area contributed by atoms with Crippen LogP contribution in [-0.4, -0.2) is 105 Å². The van der Waals surface area contributed by atoms with Gasteiger partial charge >= 0.3 is 6.18 Å². The molecule has 3 aromatic heterocycles. The number of aromatic nitrogens is 2. The molecule has 18 heteroatoms. The molecule has 2 aliphatic heterocycles. The Morgan fingerprint density at radius 3 is 2.40 bits per heavy atom. The molecule has 3 aromatic carbocycles. The molecular formula is C57H66F3N9O4S2. The molecule has 1 unspecified atom stereocenters. The van der Waals surface area contributed by atoms with Crippen molar-refractivity contribution in [3.63, 3.8) is 0 Å². The van der Waals surface area contributed by atoms with Gasteiger partial charge in [0.2, 0.25) is 5.91 Å². The first kappa shape index (κ1) is 52.2. The van der Waals surface area contributed by atoms with Gasteiger partial charge in [0.15, 0.2) is 9.84 Å². The van der Waals surface area contributed by atoms with E-state index in [0.717, 1.165) is 125 Å². The number of hydrogen-bond donors (Lipinski definition) is 5. The number of alkyl halides is 3. The first-order chi connectivity index (χ1) is 36.0. The zero-order valence-electron chi connectivity index (χ0n) is 42.6. The van der Waals surface area contributed by atoms with Crippen LogP contribution in [0.15, 0.2) is 83.8 Å². The molecule has 75 heavy (non-hydrogen) atoms. The number of likely N-dealkylation sites (tertiary alicyclic amines) is 1. The highest BCUT2D eigenvalue weighted by molar-refractivity contribution is 7.90. The number of fused-ring (bicyclic) bond motifs is 5. The molecule has 4 atom stereocenters. The maximum Gasteiger partial charge on any atom is 0.406 e. The van der Waals surface area contributed by atoms with Crippen LogP contribution in [0, 0.1) is 36.5 Å². The van der Waals surface area contributed by atoms with Gasteiger partial charge in [-0.05, 0) is 167 Å². The van der Waals surface area contributed by atoms with Gasteiger partial charge in [0.1, 0.15) is 16.3 Å². The first-order valence-corrected chi connectivity index (χ1v) is 29.1. The largest absolute Gasteiger partial charge is 0.406 e. The summed E-state index contributed by atoms with van der Waals surface area (Å²) < 4.78 is 66.3. The molecular weight excluding hydrogens is 996 g/mol. The number of thiophene rings is 1. The average molecular weight is 1060 g/mol. The standard InChI is InChI=1S/C57H66F3N9O4S2/c1-36-11-22-47-52(61)53(74-56(47)64-36)55(71)66-43-16-14-38-31-44(19-15-37(38)30-43)68-33-39-12-13-40(34-68)51(39)54(70)63-25-4-3-5-27-67-28-23-42(24-29-67)65-49-9-6-10-50-48(49)32-45(69(50)35-57(58,59)60)8-7-26-62-41-17-20-46(21-18-41)75(2,72)73/h6,9-11,15,17-22,31-32,39-40,42-43,51,62,65H,3-5,12-14,16,23-30,33-35,61H2,1-2H3,(H,63,70)(H,66,71)/t39-,40+,43-,51?/m0/s1. The lowest BCUT2D eigenvalue weighted by molar-refractivity contribution is -0.140. The third-order valence-corrected chi connectivity index (χ3v) is 18.0. The van der Waals surface area contributed by atoms with Crippen LogP contribution in [0.5, 0.6) is 0 Å². The second-order valence-electron chi connectivity index (χ2n) is 21.1. The zero-order chi connectivity index (χ0) is 52.4. The number of anilines is 4.